The van der Waals surface area contributed by atoms with E-state index in [9.17, 15) is 15.3 Å². The minimum Gasteiger partial charge on any atom is -0.491 e. The number of hydrogen-bond acceptors (Lipinski definition) is 6. The minimum absolute atomic E-state index is 0.0747. The van der Waals surface area contributed by atoms with E-state index in [0.717, 1.165) is 42.6 Å². The number of nitrogens with one attached hydrogen (secondary N) is 2. The Morgan fingerprint density at radius 3 is 2.61 bits per heavy atom. The maximum Gasteiger partial charge on any atom is 0.488 e. The molecule has 0 radical (unpaired) electrons. The smallest absolute Gasteiger partial charge is 0.488 e. The van der Waals surface area contributed by atoms with Crippen LogP contribution in [0.3, 0.4) is 0 Å². The van der Waals surface area contributed by atoms with Crippen LogP contribution in [-0.2, 0) is 12.8 Å². The first-order valence-corrected chi connectivity index (χ1v) is 11.2. The second kappa shape index (κ2) is 9.83. The van der Waals surface area contributed by atoms with Gasteiger partial charge in [-0.1, -0.05) is 42.5 Å². The van der Waals surface area contributed by atoms with Gasteiger partial charge in [0.15, 0.2) is 6.19 Å². The zero-order chi connectivity index (χ0) is 23.4. The molecule has 9 heteroatoms. The molecule has 4 rings (SSSR count). The fourth-order valence-corrected chi connectivity index (χ4v) is 4.56. The van der Waals surface area contributed by atoms with Gasteiger partial charge >= 0.3 is 7.12 Å². The molecule has 0 aromatic heterocycles. The second-order valence-electron chi connectivity index (χ2n) is 9.07. The fourth-order valence-electron chi connectivity index (χ4n) is 4.56. The van der Waals surface area contributed by atoms with Crippen LogP contribution >= 0.6 is 0 Å². The van der Waals surface area contributed by atoms with Gasteiger partial charge in [0.25, 0.3) is 0 Å². The van der Waals surface area contributed by atoms with Crippen molar-refractivity contribution in [1.82, 2.24) is 15.5 Å². The van der Waals surface area contributed by atoms with Crippen LogP contribution in [0.15, 0.2) is 53.5 Å². The van der Waals surface area contributed by atoms with E-state index in [0.29, 0.717) is 18.0 Å². The Kier molecular flexibility index (Phi) is 6.89. The first kappa shape index (κ1) is 23.1. The van der Waals surface area contributed by atoms with Crippen molar-refractivity contribution in [3.63, 3.8) is 0 Å². The minimum atomic E-state index is -1.47. The molecule has 1 fully saturated rings. The topological polar surface area (TPSA) is 113 Å². The maximum absolute atomic E-state index is 9.34. The summed E-state index contributed by atoms with van der Waals surface area (Å²) in [7, 11) is 2.64. The Labute approximate surface area is 195 Å². The summed E-state index contributed by atoms with van der Waals surface area (Å²) in [6.07, 6.45) is 5.50. The van der Waals surface area contributed by atoms with Crippen molar-refractivity contribution in [1.29, 1.82) is 5.26 Å². The number of nitriles is 1. The molecule has 2 aliphatic rings. The highest BCUT2D eigenvalue weighted by Crippen LogP contribution is 2.41. The predicted molar refractivity (Wildman–Crippen MR) is 128 cm³/mol. The summed E-state index contributed by atoms with van der Waals surface area (Å²) < 4.78 is 5.86. The molecule has 0 amide bonds. The second-order valence-corrected chi connectivity index (χ2v) is 9.07. The van der Waals surface area contributed by atoms with Crippen LogP contribution < -0.4 is 20.8 Å². The number of likely N-dealkylation sites (N-methyl/N-ethyl adjacent to an activating group) is 1. The van der Waals surface area contributed by atoms with Gasteiger partial charge in [0.2, 0.25) is 5.96 Å². The van der Waals surface area contributed by atoms with Gasteiger partial charge in [-0.15, -0.1) is 0 Å². The molecule has 8 nitrogen and oxygen atoms in total. The highest BCUT2D eigenvalue weighted by atomic mass is 16.5. The van der Waals surface area contributed by atoms with Crippen molar-refractivity contribution < 1.29 is 14.8 Å². The standard InChI is InChI=1S/C24H30BN5O3/c1-30(2)22(13-17-7-9-19(10-8-17)25(31)32)24(11-12-24)29-23(27-16-26)28-20-14-18-5-3-4-6-21(18)33-15-20/h3-10,20,22,31-32H,11-15H2,1-2H3,(H2,27,28,29)/t20-,22-/m0/s1. The summed E-state index contributed by atoms with van der Waals surface area (Å²) in [5, 5.41) is 34.3. The van der Waals surface area contributed by atoms with Crippen LogP contribution in [0.1, 0.15) is 24.0 Å². The van der Waals surface area contributed by atoms with Crippen molar-refractivity contribution in [3.8, 4) is 11.9 Å². The van der Waals surface area contributed by atoms with Gasteiger partial charge in [-0.05, 0) is 56.0 Å². The molecule has 1 aliphatic heterocycles. The van der Waals surface area contributed by atoms with Gasteiger partial charge in [0, 0.05) is 12.5 Å². The van der Waals surface area contributed by atoms with E-state index in [1.54, 1.807) is 12.1 Å². The zero-order valence-electron chi connectivity index (χ0n) is 19.0. The largest absolute Gasteiger partial charge is 0.491 e. The Morgan fingerprint density at radius 2 is 1.97 bits per heavy atom. The van der Waals surface area contributed by atoms with Crippen molar-refractivity contribution >= 4 is 18.5 Å². The molecule has 172 valence electrons. The van der Waals surface area contributed by atoms with Crippen LogP contribution in [0, 0.1) is 11.5 Å². The van der Waals surface area contributed by atoms with Crippen LogP contribution in [0.2, 0.25) is 0 Å². The number of aliphatic imine (C=N–C) groups is 1. The first-order chi connectivity index (χ1) is 15.9. The molecule has 1 aliphatic carbocycles. The molecule has 4 N–H and O–H groups in total. The van der Waals surface area contributed by atoms with Crippen LogP contribution in [0.4, 0.5) is 0 Å². The normalized spacial score (nSPS) is 19.6. The van der Waals surface area contributed by atoms with E-state index in [1.165, 1.54) is 0 Å². The van der Waals surface area contributed by atoms with Gasteiger partial charge in [-0.2, -0.15) is 5.26 Å². The maximum atomic E-state index is 9.34. The summed E-state index contributed by atoms with van der Waals surface area (Å²) in [5.74, 6) is 1.38. The third-order valence-electron chi connectivity index (χ3n) is 6.47. The lowest BCUT2D eigenvalue weighted by Crippen LogP contribution is -2.55. The van der Waals surface area contributed by atoms with Crippen molar-refractivity contribution in [2.45, 2.75) is 43.3 Å². The number of rotatable bonds is 7. The van der Waals surface area contributed by atoms with Gasteiger partial charge < -0.3 is 25.0 Å². The number of benzene rings is 2. The summed E-state index contributed by atoms with van der Waals surface area (Å²) in [6.45, 7) is 0.475. The molecule has 0 spiro atoms. The molecule has 2 aromatic rings. The third-order valence-corrected chi connectivity index (χ3v) is 6.47. The molecule has 0 saturated heterocycles. The lowest BCUT2D eigenvalue weighted by molar-refractivity contribution is 0.225. The zero-order valence-corrected chi connectivity index (χ0v) is 19.0. The van der Waals surface area contributed by atoms with Crippen LogP contribution in [0.5, 0.6) is 5.75 Å². The summed E-state index contributed by atoms with van der Waals surface area (Å²) >= 11 is 0. The number of para-hydroxylation sites is 1. The Balaban J connectivity index is 1.49. The Bertz CT molecular complexity index is 1030. The average Bonchev–Trinajstić information content (AvgIpc) is 3.57. The summed E-state index contributed by atoms with van der Waals surface area (Å²) in [5.41, 5.74) is 2.51. The SMILES string of the molecule is CN(C)[C@@H](Cc1ccc(B(O)O)cc1)C1(NC(=N[C@@H]2COc3ccccc3C2)NC#N)CC1. The van der Waals surface area contributed by atoms with E-state index in [-0.39, 0.29) is 17.6 Å². The van der Waals surface area contributed by atoms with Gasteiger partial charge in [-0.25, -0.2) is 4.99 Å². The number of hydrogen-bond donors (Lipinski definition) is 4. The quantitative estimate of drug-likeness (QED) is 0.160. The van der Waals surface area contributed by atoms with E-state index in [4.69, 9.17) is 9.73 Å². The van der Waals surface area contributed by atoms with Gasteiger partial charge in [0.1, 0.15) is 12.4 Å². The van der Waals surface area contributed by atoms with Crippen LogP contribution in [0.25, 0.3) is 0 Å². The summed E-state index contributed by atoms with van der Waals surface area (Å²) in [6, 6.07) is 15.4. The fraction of sp³-hybridized carbons (Fsp3) is 0.417. The molecule has 1 heterocycles. The number of guanidine groups is 1. The Hall–Kier alpha value is -3.06. The van der Waals surface area contributed by atoms with Crippen molar-refractivity contribution in [3.05, 3.63) is 59.7 Å². The lowest BCUT2D eigenvalue weighted by Gasteiger charge is -2.34. The molecular formula is C24H30BN5O3. The lowest BCUT2D eigenvalue weighted by atomic mass is 9.79. The molecule has 0 bridgehead atoms. The first-order valence-electron chi connectivity index (χ1n) is 11.2. The molecule has 0 unspecified atom stereocenters. The van der Waals surface area contributed by atoms with E-state index in [2.05, 4.69) is 29.6 Å². The molecule has 33 heavy (non-hydrogen) atoms. The van der Waals surface area contributed by atoms with E-state index < -0.39 is 7.12 Å². The van der Waals surface area contributed by atoms with Gasteiger partial charge in [0.05, 0.1) is 11.6 Å². The van der Waals surface area contributed by atoms with E-state index in [1.807, 2.05) is 42.6 Å². The highest BCUT2D eigenvalue weighted by molar-refractivity contribution is 6.58. The molecular weight excluding hydrogens is 417 g/mol. The molecule has 2 atom stereocenters. The van der Waals surface area contributed by atoms with Crippen molar-refractivity contribution in [2.75, 3.05) is 20.7 Å². The monoisotopic (exact) mass is 447 g/mol. The third kappa shape index (κ3) is 5.48. The van der Waals surface area contributed by atoms with Gasteiger partial charge in [-0.3, -0.25) is 5.32 Å². The van der Waals surface area contributed by atoms with Crippen LogP contribution in [-0.4, -0.2) is 66.4 Å². The number of nitrogens with zero attached hydrogens (tertiary/aromatic N) is 3. The Morgan fingerprint density at radius 1 is 1.24 bits per heavy atom. The van der Waals surface area contributed by atoms with E-state index >= 15 is 0 Å². The predicted octanol–water partition coefficient (Wildman–Crippen LogP) is 0.392. The van der Waals surface area contributed by atoms with Crippen molar-refractivity contribution in [2.24, 2.45) is 4.99 Å². The number of fused-ring (bicyclic) bond motifs is 1. The number of ether oxygens (including phenoxy) is 1. The molecule has 1 saturated carbocycles. The average molecular weight is 447 g/mol. The summed E-state index contributed by atoms with van der Waals surface area (Å²) in [4.78, 5) is 7.00. The highest BCUT2D eigenvalue weighted by Gasteiger charge is 2.51. The molecule has 2 aromatic carbocycles.